The molecular formula is C12H16N4O. The lowest BCUT2D eigenvalue weighted by Crippen LogP contribution is -2.38. The standard InChI is InChI=1S/C12H16N4O/c1-3-5-15-12(17)9(2)16-11-7-10(8-13)4-6-14-11/h4,6-7,9H,3,5H2,1-2H3,(H,14,16)(H,15,17). The van der Waals surface area contributed by atoms with Crippen molar-refractivity contribution in [2.45, 2.75) is 26.3 Å². The summed E-state index contributed by atoms with van der Waals surface area (Å²) in [7, 11) is 0. The van der Waals surface area contributed by atoms with Crippen molar-refractivity contribution >= 4 is 11.7 Å². The first-order chi connectivity index (χ1) is 8.17. The highest BCUT2D eigenvalue weighted by Crippen LogP contribution is 2.07. The van der Waals surface area contributed by atoms with E-state index in [1.165, 1.54) is 6.20 Å². The molecule has 0 aliphatic heterocycles. The van der Waals surface area contributed by atoms with Crippen LogP contribution in [0.2, 0.25) is 0 Å². The zero-order valence-electron chi connectivity index (χ0n) is 10.0. The van der Waals surface area contributed by atoms with Crippen molar-refractivity contribution in [3.8, 4) is 6.07 Å². The Kier molecular flexibility index (Phi) is 4.95. The summed E-state index contributed by atoms with van der Waals surface area (Å²) in [5.74, 6) is 0.458. The first kappa shape index (κ1) is 13.0. The van der Waals surface area contributed by atoms with Gasteiger partial charge in [-0.2, -0.15) is 5.26 Å². The van der Waals surface area contributed by atoms with Gasteiger partial charge in [-0.1, -0.05) is 6.92 Å². The van der Waals surface area contributed by atoms with Crippen LogP contribution in [0.1, 0.15) is 25.8 Å². The highest BCUT2D eigenvalue weighted by Gasteiger charge is 2.12. The summed E-state index contributed by atoms with van der Waals surface area (Å²) in [5, 5.41) is 14.5. The van der Waals surface area contributed by atoms with Crippen LogP contribution in [0, 0.1) is 11.3 Å². The number of nitrogens with one attached hydrogen (secondary N) is 2. The Morgan fingerprint density at radius 2 is 2.41 bits per heavy atom. The largest absolute Gasteiger partial charge is 0.359 e. The molecule has 1 heterocycles. The van der Waals surface area contributed by atoms with E-state index in [2.05, 4.69) is 15.6 Å². The second kappa shape index (κ2) is 6.48. The van der Waals surface area contributed by atoms with E-state index in [1.807, 2.05) is 13.0 Å². The van der Waals surface area contributed by atoms with Crippen LogP contribution in [0.3, 0.4) is 0 Å². The fraction of sp³-hybridized carbons (Fsp3) is 0.417. The molecule has 0 aliphatic carbocycles. The van der Waals surface area contributed by atoms with Crippen molar-refractivity contribution in [1.82, 2.24) is 10.3 Å². The summed E-state index contributed by atoms with van der Waals surface area (Å²) in [6.45, 7) is 4.42. The summed E-state index contributed by atoms with van der Waals surface area (Å²) >= 11 is 0. The predicted molar refractivity (Wildman–Crippen MR) is 65.3 cm³/mol. The predicted octanol–water partition coefficient (Wildman–Crippen LogP) is 1.28. The highest BCUT2D eigenvalue weighted by molar-refractivity contribution is 5.83. The Morgan fingerprint density at radius 3 is 3.06 bits per heavy atom. The van der Waals surface area contributed by atoms with Gasteiger partial charge in [0.25, 0.3) is 0 Å². The first-order valence-corrected chi connectivity index (χ1v) is 5.57. The van der Waals surface area contributed by atoms with Gasteiger partial charge in [0.15, 0.2) is 0 Å². The molecule has 1 amide bonds. The number of pyridine rings is 1. The molecule has 17 heavy (non-hydrogen) atoms. The molecule has 5 nitrogen and oxygen atoms in total. The van der Waals surface area contributed by atoms with Crippen LogP contribution in [0.5, 0.6) is 0 Å². The van der Waals surface area contributed by atoms with Crippen LogP contribution >= 0.6 is 0 Å². The molecule has 0 fully saturated rings. The maximum atomic E-state index is 11.6. The average Bonchev–Trinajstić information content (AvgIpc) is 2.36. The Labute approximate surface area is 101 Å². The minimum Gasteiger partial charge on any atom is -0.359 e. The van der Waals surface area contributed by atoms with E-state index in [-0.39, 0.29) is 11.9 Å². The fourth-order valence-corrected chi connectivity index (χ4v) is 1.27. The third kappa shape index (κ3) is 4.11. The van der Waals surface area contributed by atoms with Gasteiger partial charge in [-0.15, -0.1) is 0 Å². The molecule has 1 atom stereocenters. The molecule has 0 bridgehead atoms. The van der Waals surface area contributed by atoms with E-state index in [4.69, 9.17) is 5.26 Å². The summed E-state index contributed by atoms with van der Waals surface area (Å²) in [5.41, 5.74) is 0.517. The van der Waals surface area contributed by atoms with Gasteiger partial charge in [0.1, 0.15) is 11.9 Å². The third-order valence-electron chi connectivity index (χ3n) is 2.20. The molecule has 0 saturated carbocycles. The van der Waals surface area contributed by atoms with Crippen LogP contribution in [0.25, 0.3) is 0 Å². The van der Waals surface area contributed by atoms with Gasteiger partial charge >= 0.3 is 0 Å². The van der Waals surface area contributed by atoms with E-state index < -0.39 is 0 Å². The third-order valence-corrected chi connectivity index (χ3v) is 2.20. The number of nitrogens with zero attached hydrogens (tertiary/aromatic N) is 2. The SMILES string of the molecule is CCCNC(=O)C(C)Nc1cc(C#N)ccn1. The number of amides is 1. The molecule has 2 N–H and O–H groups in total. The molecule has 1 aromatic rings. The fourth-order valence-electron chi connectivity index (χ4n) is 1.27. The van der Waals surface area contributed by atoms with Crippen LogP contribution < -0.4 is 10.6 Å². The zero-order chi connectivity index (χ0) is 12.7. The Morgan fingerprint density at radius 1 is 1.65 bits per heavy atom. The van der Waals surface area contributed by atoms with E-state index in [0.29, 0.717) is 17.9 Å². The molecule has 0 spiro atoms. The summed E-state index contributed by atoms with van der Waals surface area (Å²) in [4.78, 5) is 15.6. The van der Waals surface area contributed by atoms with E-state index in [9.17, 15) is 4.79 Å². The maximum absolute atomic E-state index is 11.6. The number of nitriles is 1. The molecule has 1 rings (SSSR count). The van der Waals surface area contributed by atoms with Crippen LogP contribution in [0.4, 0.5) is 5.82 Å². The second-order valence-electron chi connectivity index (χ2n) is 3.70. The monoisotopic (exact) mass is 232 g/mol. The first-order valence-electron chi connectivity index (χ1n) is 5.57. The summed E-state index contributed by atoms with van der Waals surface area (Å²) in [6.07, 6.45) is 2.44. The van der Waals surface area contributed by atoms with Crippen molar-refractivity contribution in [1.29, 1.82) is 5.26 Å². The summed E-state index contributed by atoms with van der Waals surface area (Å²) in [6, 6.07) is 4.88. The molecular weight excluding hydrogens is 216 g/mol. The van der Waals surface area contributed by atoms with Crippen molar-refractivity contribution in [3.63, 3.8) is 0 Å². The molecule has 5 heteroatoms. The minimum atomic E-state index is -0.372. The van der Waals surface area contributed by atoms with Gasteiger partial charge in [-0.3, -0.25) is 4.79 Å². The second-order valence-corrected chi connectivity index (χ2v) is 3.70. The lowest BCUT2D eigenvalue weighted by Gasteiger charge is -2.14. The van der Waals surface area contributed by atoms with Crippen molar-refractivity contribution in [2.75, 3.05) is 11.9 Å². The average molecular weight is 232 g/mol. The Hall–Kier alpha value is -2.09. The van der Waals surface area contributed by atoms with E-state index >= 15 is 0 Å². The molecule has 0 saturated heterocycles. The van der Waals surface area contributed by atoms with Gasteiger partial charge in [0, 0.05) is 12.7 Å². The maximum Gasteiger partial charge on any atom is 0.242 e. The molecule has 1 unspecified atom stereocenters. The number of carbonyl (C=O) groups excluding carboxylic acids is 1. The van der Waals surface area contributed by atoms with Gasteiger partial charge in [0.2, 0.25) is 5.91 Å². The van der Waals surface area contributed by atoms with Crippen LogP contribution in [-0.4, -0.2) is 23.5 Å². The topological polar surface area (TPSA) is 77.8 Å². The van der Waals surface area contributed by atoms with E-state index in [0.717, 1.165) is 6.42 Å². The molecule has 0 aromatic carbocycles. The van der Waals surface area contributed by atoms with E-state index in [1.54, 1.807) is 19.1 Å². The zero-order valence-corrected chi connectivity index (χ0v) is 10.0. The molecule has 1 aromatic heterocycles. The van der Waals surface area contributed by atoms with Crippen LogP contribution in [0.15, 0.2) is 18.3 Å². The molecule has 0 aliphatic rings. The van der Waals surface area contributed by atoms with Crippen LogP contribution in [-0.2, 0) is 4.79 Å². The number of aromatic nitrogens is 1. The lowest BCUT2D eigenvalue weighted by molar-refractivity contribution is -0.121. The van der Waals surface area contributed by atoms with Gasteiger partial charge in [-0.05, 0) is 25.5 Å². The number of anilines is 1. The highest BCUT2D eigenvalue weighted by atomic mass is 16.2. The van der Waals surface area contributed by atoms with Crippen molar-refractivity contribution in [3.05, 3.63) is 23.9 Å². The van der Waals surface area contributed by atoms with Gasteiger partial charge in [0.05, 0.1) is 11.6 Å². The molecule has 90 valence electrons. The minimum absolute atomic E-state index is 0.0731. The van der Waals surface area contributed by atoms with Gasteiger partial charge < -0.3 is 10.6 Å². The van der Waals surface area contributed by atoms with Crippen molar-refractivity contribution < 1.29 is 4.79 Å². The Balaban J connectivity index is 2.58. The molecule has 0 radical (unpaired) electrons. The lowest BCUT2D eigenvalue weighted by atomic mass is 10.2. The Bertz CT molecular complexity index is 425. The number of hydrogen-bond donors (Lipinski definition) is 2. The number of carbonyl (C=O) groups is 1. The number of hydrogen-bond acceptors (Lipinski definition) is 4. The normalized spacial score (nSPS) is 11.4. The van der Waals surface area contributed by atoms with Gasteiger partial charge in [-0.25, -0.2) is 4.98 Å². The summed E-state index contributed by atoms with van der Waals surface area (Å²) < 4.78 is 0. The van der Waals surface area contributed by atoms with Crippen molar-refractivity contribution in [2.24, 2.45) is 0 Å². The quantitative estimate of drug-likeness (QED) is 0.801. The smallest absolute Gasteiger partial charge is 0.242 e. The number of rotatable bonds is 5.